The summed E-state index contributed by atoms with van der Waals surface area (Å²) in [6.07, 6.45) is 3.53. The Morgan fingerprint density at radius 2 is 2.00 bits per heavy atom. The van der Waals surface area contributed by atoms with Crippen LogP contribution in [-0.2, 0) is 6.42 Å². The van der Waals surface area contributed by atoms with Crippen LogP contribution >= 0.6 is 0 Å². The van der Waals surface area contributed by atoms with Crippen LogP contribution in [0.4, 0.5) is 0 Å². The van der Waals surface area contributed by atoms with E-state index < -0.39 is 0 Å². The van der Waals surface area contributed by atoms with Gasteiger partial charge in [0.25, 0.3) is 0 Å². The lowest BCUT2D eigenvalue weighted by Gasteiger charge is -2.31. The van der Waals surface area contributed by atoms with Crippen molar-refractivity contribution in [2.24, 2.45) is 11.1 Å². The highest BCUT2D eigenvalue weighted by atomic mass is 14.7. The van der Waals surface area contributed by atoms with Crippen LogP contribution in [0.1, 0.15) is 49.4 Å². The molecule has 0 bridgehead atoms. The highest BCUT2D eigenvalue weighted by Gasteiger charge is 2.41. The van der Waals surface area contributed by atoms with Gasteiger partial charge in [-0.2, -0.15) is 0 Å². The molecule has 0 amide bonds. The Hall–Kier alpha value is -0.820. The van der Waals surface area contributed by atoms with Gasteiger partial charge >= 0.3 is 0 Å². The lowest BCUT2D eigenvalue weighted by atomic mass is 9.76. The summed E-state index contributed by atoms with van der Waals surface area (Å²) in [6.45, 7) is 6.74. The van der Waals surface area contributed by atoms with E-state index in [0.29, 0.717) is 5.41 Å². The zero-order valence-electron chi connectivity index (χ0n) is 10.0. The van der Waals surface area contributed by atoms with E-state index in [1.54, 1.807) is 0 Å². The maximum Gasteiger partial charge on any atom is 0.0357 e. The smallest absolute Gasteiger partial charge is 0.0357 e. The first kappa shape index (κ1) is 10.7. The summed E-state index contributed by atoms with van der Waals surface area (Å²) in [7, 11) is 0. The van der Waals surface area contributed by atoms with Gasteiger partial charge < -0.3 is 5.73 Å². The number of hydrogen-bond donors (Lipinski definition) is 1. The number of aryl methyl sites for hydroxylation is 1. The van der Waals surface area contributed by atoms with Gasteiger partial charge in [-0.25, -0.2) is 0 Å². The maximum absolute atomic E-state index is 6.42. The fourth-order valence-corrected chi connectivity index (χ4v) is 2.99. The molecule has 1 aromatic carbocycles. The van der Waals surface area contributed by atoms with Crippen LogP contribution in [0.2, 0.25) is 0 Å². The van der Waals surface area contributed by atoms with Gasteiger partial charge in [-0.1, -0.05) is 32.0 Å². The van der Waals surface area contributed by atoms with Crippen molar-refractivity contribution in [1.29, 1.82) is 0 Å². The molecule has 0 spiro atoms. The van der Waals surface area contributed by atoms with Crippen molar-refractivity contribution < 1.29 is 0 Å². The monoisotopic (exact) mass is 203 g/mol. The molecule has 1 aromatic rings. The Bertz CT molecular complexity index is 364. The third-order valence-electron chi connectivity index (χ3n) is 4.38. The molecule has 2 N–H and O–H groups in total. The first-order chi connectivity index (χ1) is 7.14. The summed E-state index contributed by atoms with van der Waals surface area (Å²) in [5.41, 5.74) is 11.0. The zero-order valence-corrected chi connectivity index (χ0v) is 10.0. The fraction of sp³-hybridized carbons (Fsp3) is 0.571. The SMILES string of the molecule is CCC1(CC)Cc2c(C)cccc2[C@H]1N. The van der Waals surface area contributed by atoms with Crippen molar-refractivity contribution in [3.8, 4) is 0 Å². The van der Waals surface area contributed by atoms with Crippen LogP contribution in [0.3, 0.4) is 0 Å². The summed E-state index contributed by atoms with van der Waals surface area (Å²) in [6, 6.07) is 6.78. The van der Waals surface area contributed by atoms with Crippen LogP contribution in [-0.4, -0.2) is 0 Å². The molecule has 0 radical (unpaired) electrons. The summed E-state index contributed by atoms with van der Waals surface area (Å²) >= 11 is 0. The predicted octanol–water partition coefficient (Wildman–Crippen LogP) is 3.36. The molecule has 2 rings (SSSR count). The van der Waals surface area contributed by atoms with Gasteiger partial charge in [0.1, 0.15) is 0 Å². The molecule has 1 aliphatic carbocycles. The quantitative estimate of drug-likeness (QED) is 0.783. The number of fused-ring (bicyclic) bond motifs is 1. The third kappa shape index (κ3) is 1.41. The largest absolute Gasteiger partial charge is 0.323 e. The molecule has 0 saturated heterocycles. The van der Waals surface area contributed by atoms with E-state index in [4.69, 9.17) is 5.73 Å². The lowest BCUT2D eigenvalue weighted by molar-refractivity contribution is 0.225. The molecular weight excluding hydrogens is 182 g/mol. The first-order valence-electron chi connectivity index (χ1n) is 5.98. The highest BCUT2D eigenvalue weighted by molar-refractivity contribution is 5.42. The van der Waals surface area contributed by atoms with Gasteiger partial charge in [-0.15, -0.1) is 0 Å². The second-order valence-electron chi connectivity index (χ2n) is 4.87. The molecule has 1 nitrogen and oxygen atoms in total. The summed E-state index contributed by atoms with van der Waals surface area (Å²) in [4.78, 5) is 0. The van der Waals surface area contributed by atoms with E-state index in [0.717, 1.165) is 0 Å². The molecule has 1 heteroatoms. The minimum Gasteiger partial charge on any atom is -0.323 e. The van der Waals surface area contributed by atoms with E-state index in [1.807, 2.05) is 0 Å². The normalized spacial score (nSPS) is 22.8. The van der Waals surface area contributed by atoms with Crippen molar-refractivity contribution in [1.82, 2.24) is 0 Å². The molecule has 82 valence electrons. The van der Waals surface area contributed by atoms with E-state index in [-0.39, 0.29) is 6.04 Å². The Kier molecular flexibility index (Phi) is 2.59. The van der Waals surface area contributed by atoms with Gasteiger partial charge in [0, 0.05) is 6.04 Å². The van der Waals surface area contributed by atoms with Gasteiger partial charge in [-0.3, -0.25) is 0 Å². The maximum atomic E-state index is 6.42. The standard InChI is InChI=1S/C14H21N/c1-4-14(5-2)9-12-10(3)7-6-8-11(12)13(14)15/h6-8,13H,4-5,9,15H2,1-3H3/t13-/m1/s1. The third-order valence-corrected chi connectivity index (χ3v) is 4.38. The van der Waals surface area contributed by atoms with E-state index >= 15 is 0 Å². The van der Waals surface area contributed by atoms with Crippen molar-refractivity contribution in [3.63, 3.8) is 0 Å². The molecule has 0 unspecified atom stereocenters. The van der Waals surface area contributed by atoms with Crippen LogP contribution in [0, 0.1) is 12.3 Å². The van der Waals surface area contributed by atoms with Gasteiger partial charge in [0.05, 0.1) is 0 Å². The Balaban J connectivity index is 2.49. The summed E-state index contributed by atoms with van der Waals surface area (Å²) in [5.74, 6) is 0. The zero-order chi connectivity index (χ0) is 11.1. The molecule has 0 saturated carbocycles. The number of nitrogens with two attached hydrogens (primary N) is 1. The molecule has 0 fully saturated rings. The van der Waals surface area contributed by atoms with E-state index in [2.05, 4.69) is 39.0 Å². The average Bonchev–Trinajstić information content (AvgIpc) is 2.55. The number of rotatable bonds is 2. The minimum atomic E-state index is 0.238. The van der Waals surface area contributed by atoms with Gasteiger partial charge in [0.2, 0.25) is 0 Å². The first-order valence-corrected chi connectivity index (χ1v) is 5.98. The second kappa shape index (κ2) is 3.64. The van der Waals surface area contributed by atoms with Crippen LogP contribution in [0.15, 0.2) is 18.2 Å². The van der Waals surface area contributed by atoms with Crippen LogP contribution in [0.5, 0.6) is 0 Å². The Labute approximate surface area is 92.7 Å². The Morgan fingerprint density at radius 3 is 2.53 bits per heavy atom. The molecule has 1 atom stereocenters. The molecule has 15 heavy (non-hydrogen) atoms. The van der Waals surface area contributed by atoms with Crippen LogP contribution < -0.4 is 5.73 Å². The predicted molar refractivity (Wildman–Crippen MR) is 64.8 cm³/mol. The molecule has 0 aliphatic heterocycles. The summed E-state index contributed by atoms with van der Waals surface area (Å²) in [5, 5.41) is 0. The number of hydrogen-bond acceptors (Lipinski definition) is 1. The molecule has 1 aliphatic rings. The average molecular weight is 203 g/mol. The van der Waals surface area contributed by atoms with Crippen molar-refractivity contribution in [2.45, 2.75) is 46.1 Å². The Morgan fingerprint density at radius 1 is 1.33 bits per heavy atom. The molecule has 0 aromatic heterocycles. The topological polar surface area (TPSA) is 26.0 Å². The van der Waals surface area contributed by atoms with E-state index in [1.165, 1.54) is 36.0 Å². The highest BCUT2D eigenvalue weighted by Crippen LogP contribution is 2.49. The van der Waals surface area contributed by atoms with E-state index in [9.17, 15) is 0 Å². The van der Waals surface area contributed by atoms with Gasteiger partial charge in [0.15, 0.2) is 0 Å². The van der Waals surface area contributed by atoms with Crippen molar-refractivity contribution >= 4 is 0 Å². The molecular formula is C14H21N. The van der Waals surface area contributed by atoms with Crippen molar-refractivity contribution in [3.05, 3.63) is 34.9 Å². The molecule has 0 heterocycles. The fourth-order valence-electron chi connectivity index (χ4n) is 2.99. The lowest BCUT2D eigenvalue weighted by Crippen LogP contribution is -2.30. The number of benzene rings is 1. The van der Waals surface area contributed by atoms with Crippen molar-refractivity contribution in [2.75, 3.05) is 0 Å². The van der Waals surface area contributed by atoms with Crippen LogP contribution in [0.25, 0.3) is 0 Å². The summed E-state index contributed by atoms with van der Waals surface area (Å²) < 4.78 is 0. The minimum absolute atomic E-state index is 0.238. The van der Waals surface area contributed by atoms with Gasteiger partial charge in [-0.05, 0) is 48.3 Å². The second-order valence-corrected chi connectivity index (χ2v) is 4.87.